The summed E-state index contributed by atoms with van der Waals surface area (Å²) in [5.41, 5.74) is 7.17. The summed E-state index contributed by atoms with van der Waals surface area (Å²) in [5, 5.41) is 9.48. The number of aryl methyl sites for hydroxylation is 3. The number of aromatic nitrogens is 5. The van der Waals surface area contributed by atoms with E-state index in [1.54, 1.807) is 0 Å². The molecule has 0 N–H and O–H groups in total. The Balaban J connectivity index is 2.09. The van der Waals surface area contributed by atoms with Gasteiger partial charge in [0.1, 0.15) is 0 Å². The molecular formula is C21H23N5. The molecule has 0 bridgehead atoms. The van der Waals surface area contributed by atoms with Gasteiger partial charge in [0.05, 0.1) is 11.4 Å². The second-order valence-electron chi connectivity index (χ2n) is 7.09. The van der Waals surface area contributed by atoms with Crippen molar-refractivity contribution >= 4 is 5.65 Å². The standard InChI is InChI=1S/C21H23N5/c1-13(2)18-12-19(25-15(4)11-14(3)23-25)26-21(22-18)20(16(5)24-26)17-9-7-6-8-10-17/h6-13H,1-5H3. The van der Waals surface area contributed by atoms with Crippen LogP contribution in [0.3, 0.4) is 0 Å². The highest BCUT2D eigenvalue weighted by atomic mass is 15.4. The minimum atomic E-state index is 0.314. The average molecular weight is 345 g/mol. The molecule has 0 unspecified atom stereocenters. The third-order valence-corrected chi connectivity index (χ3v) is 4.65. The molecule has 4 rings (SSSR count). The normalized spacial score (nSPS) is 11.6. The fraction of sp³-hybridized carbons (Fsp3) is 0.286. The van der Waals surface area contributed by atoms with E-state index in [1.807, 2.05) is 41.2 Å². The first-order valence-corrected chi connectivity index (χ1v) is 8.95. The lowest BCUT2D eigenvalue weighted by Crippen LogP contribution is -2.10. The second kappa shape index (κ2) is 6.09. The van der Waals surface area contributed by atoms with Gasteiger partial charge in [-0.1, -0.05) is 44.2 Å². The van der Waals surface area contributed by atoms with Crippen LogP contribution in [0.5, 0.6) is 0 Å². The Hall–Kier alpha value is -2.95. The molecule has 5 nitrogen and oxygen atoms in total. The molecule has 0 saturated carbocycles. The van der Waals surface area contributed by atoms with Gasteiger partial charge >= 0.3 is 0 Å². The zero-order valence-corrected chi connectivity index (χ0v) is 15.9. The summed E-state index contributed by atoms with van der Waals surface area (Å²) in [6.45, 7) is 10.4. The van der Waals surface area contributed by atoms with Crippen LogP contribution in [0.2, 0.25) is 0 Å². The van der Waals surface area contributed by atoms with Gasteiger partial charge in [-0.15, -0.1) is 0 Å². The van der Waals surface area contributed by atoms with Crippen LogP contribution < -0.4 is 0 Å². The Kier molecular flexibility index (Phi) is 3.87. The quantitative estimate of drug-likeness (QED) is 0.544. The third-order valence-electron chi connectivity index (χ3n) is 4.65. The zero-order chi connectivity index (χ0) is 18.4. The van der Waals surface area contributed by atoms with Gasteiger partial charge in [0, 0.05) is 23.0 Å². The van der Waals surface area contributed by atoms with Gasteiger partial charge in [-0.25, -0.2) is 9.67 Å². The van der Waals surface area contributed by atoms with Crippen LogP contribution in [0.1, 0.15) is 42.5 Å². The summed E-state index contributed by atoms with van der Waals surface area (Å²) in [6.07, 6.45) is 0. The van der Waals surface area contributed by atoms with E-state index in [9.17, 15) is 0 Å². The summed E-state index contributed by atoms with van der Waals surface area (Å²) in [4.78, 5) is 4.95. The van der Waals surface area contributed by atoms with Crippen LogP contribution in [0.25, 0.3) is 22.6 Å². The van der Waals surface area contributed by atoms with Crippen LogP contribution in [0.4, 0.5) is 0 Å². The molecule has 26 heavy (non-hydrogen) atoms. The lowest BCUT2D eigenvalue weighted by Gasteiger charge is -2.12. The fourth-order valence-electron chi connectivity index (χ4n) is 3.38. The van der Waals surface area contributed by atoms with Crippen molar-refractivity contribution in [1.82, 2.24) is 24.4 Å². The predicted molar refractivity (Wildman–Crippen MR) is 104 cm³/mol. The van der Waals surface area contributed by atoms with Gasteiger partial charge in [-0.05, 0) is 38.3 Å². The molecule has 4 aromatic rings. The molecule has 132 valence electrons. The molecule has 0 amide bonds. The lowest BCUT2D eigenvalue weighted by molar-refractivity contribution is 0.733. The molecule has 3 heterocycles. The molecule has 0 saturated heterocycles. The predicted octanol–water partition coefficient (Wildman–Crippen LogP) is 4.63. The minimum Gasteiger partial charge on any atom is -0.233 e. The fourth-order valence-corrected chi connectivity index (χ4v) is 3.38. The number of fused-ring (bicyclic) bond motifs is 1. The molecule has 0 radical (unpaired) electrons. The van der Waals surface area contributed by atoms with Gasteiger partial charge in [0.2, 0.25) is 0 Å². The van der Waals surface area contributed by atoms with Gasteiger partial charge in [-0.3, -0.25) is 0 Å². The Bertz CT molecular complexity index is 1090. The topological polar surface area (TPSA) is 48.0 Å². The van der Waals surface area contributed by atoms with Crippen molar-refractivity contribution in [2.24, 2.45) is 0 Å². The van der Waals surface area contributed by atoms with E-state index in [0.29, 0.717) is 5.92 Å². The summed E-state index contributed by atoms with van der Waals surface area (Å²) in [7, 11) is 0. The number of nitrogens with zero attached hydrogens (tertiary/aromatic N) is 5. The number of rotatable bonds is 3. The lowest BCUT2D eigenvalue weighted by atomic mass is 10.1. The molecule has 0 aliphatic heterocycles. The van der Waals surface area contributed by atoms with Crippen molar-refractivity contribution in [2.45, 2.75) is 40.5 Å². The zero-order valence-electron chi connectivity index (χ0n) is 15.9. The van der Waals surface area contributed by atoms with E-state index in [2.05, 4.69) is 50.1 Å². The first-order chi connectivity index (χ1) is 12.5. The molecule has 0 aliphatic carbocycles. The van der Waals surface area contributed by atoms with E-state index in [-0.39, 0.29) is 0 Å². The second-order valence-corrected chi connectivity index (χ2v) is 7.09. The minimum absolute atomic E-state index is 0.314. The van der Waals surface area contributed by atoms with E-state index in [0.717, 1.165) is 45.4 Å². The number of hydrogen-bond donors (Lipinski definition) is 0. The summed E-state index contributed by atoms with van der Waals surface area (Å²) >= 11 is 0. The Morgan fingerprint density at radius 2 is 1.65 bits per heavy atom. The summed E-state index contributed by atoms with van der Waals surface area (Å²) in [5.74, 6) is 1.24. The molecular weight excluding hydrogens is 322 g/mol. The van der Waals surface area contributed by atoms with Crippen LogP contribution in [0, 0.1) is 20.8 Å². The number of benzene rings is 1. The first-order valence-electron chi connectivity index (χ1n) is 8.95. The van der Waals surface area contributed by atoms with Crippen molar-refractivity contribution in [1.29, 1.82) is 0 Å². The summed E-state index contributed by atoms with van der Waals surface area (Å²) in [6, 6.07) is 14.5. The molecule has 5 heteroatoms. The van der Waals surface area contributed by atoms with Gasteiger partial charge in [-0.2, -0.15) is 14.7 Å². The van der Waals surface area contributed by atoms with Crippen molar-refractivity contribution in [2.75, 3.05) is 0 Å². The van der Waals surface area contributed by atoms with Crippen molar-refractivity contribution in [3.8, 4) is 16.9 Å². The van der Waals surface area contributed by atoms with Crippen LogP contribution in [0.15, 0.2) is 42.5 Å². The molecule has 3 aromatic heterocycles. The molecule has 0 atom stereocenters. The van der Waals surface area contributed by atoms with Gasteiger partial charge in [0.15, 0.2) is 11.5 Å². The summed E-state index contributed by atoms with van der Waals surface area (Å²) < 4.78 is 3.88. The Morgan fingerprint density at radius 1 is 0.923 bits per heavy atom. The van der Waals surface area contributed by atoms with Crippen LogP contribution in [-0.4, -0.2) is 24.4 Å². The Labute approximate surface area is 153 Å². The van der Waals surface area contributed by atoms with Crippen molar-refractivity contribution in [3.63, 3.8) is 0 Å². The largest absolute Gasteiger partial charge is 0.233 e. The van der Waals surface area contributed by atoms with E-state index < -0.39 is 0 Å². The van der Waals surface area contributed by atoms with Gasteiger partial charge in [0.25, 0.3) is 0 Å². The third kappa shape index (κ3) is 2.60. The first kappa shape index (κ1) is 16.5. The highest BCUT2D eigenvalue weighted by Crippen LogP contribution is 2.30. The molecule has 0 aliphatic rings. The molecule has 1 aromatic carbocycles. The van der Waals surface area contributed by atoms with Crippen molar-refractivity contribution in [3.05, 3.63) is 65.2 Å². The van der Waals surface area contributed by atoms with Crippen LogP contribution in [-0.2, 0) is 0 Å². The van der Waals surface area contributed by atoms with E-state index in [1.165, 1.54) is 0 Å². The van der Waals surface area contributed by atoms with E-state index >= 15 is 0 Å². The molecule has 0 fully saturated rings. The van der Waals surface area contributed by atoms with Crippen molar-refractivity contribution < 1.29 is 0 Å². The average Bonchev–Trinajstić information content (AvgIpc) is 3.12. The SMILES string of the molecule is Cc1cc(C)n(-c2cc(C(C)C)nc3c(-c4ccccc4)c(C)nn23)n1. The van der Waals surface area contributed by atoms with E-state index in [4.69, 9.17) is 10.1 Å². The van der Waals surface area contributed by atoms with Crippen LogP contribution >= 0.6 is 0 Å². The highest BCUT2D eigenvalue weighted by molar-refractivity contribution is 5.80. The maximum atomic E-state index is 4.95. The maximum Gasteiger partial charge on any atom is 0.165 e. The monoisotopic (exact) mass is 345 g/mol. The molecule has 0 spiro atoms. The Morgan fingerprint density at radius 3 is 2.27 bits per heavy atom. The number of hydrogen-bond acceptors (Lipinski definition) is 3. The highest BCUT2D eigenvalue weighted by Gasteiger charge is 2.19. The smallest absolute Gasteiger partial charge is 0.165 e. The maximum absolute atomic E-state index is 4.95. The van der Waals surface area contributed by atoms with Gasteiger partial charge < -0.3 is 0 Å².